The Balaban J connectivity index is 2.46. The zero-order chi connectivity index (χ0) is 14.8. The van der Waals surface area contributed by atoms with E-state index in [1.54, 1.807) is 0 Å². The number of nitrogens with one attached hydrogen (secondary N) is 1. The summed E-state index contributed by atoms with van der Waals surface area (Å²) in [6, 6.07) is 4.05. The number of aromatic nitrogens is 3. The molecule has 0 aromatic carbocycles. The second-order valence-corrected chi connectivity index (χ2v) is 6.00. The van der Waals surface area contributed by atoms with Gasteiger partial charge in [-0.1, -0.05) is 20.8 Å². The standard InChI is InChI=1S/C16H22N4/c1-11-13(10-12-6-8-18-9-7-12)19-15(16(2,3)4)20-14(11)17-5/h6-9H,10H2,1-5H3,(H,17,19,20). The van der Waals surface area contributed by atoms with Gasteiger partial charge in [0.25, 0.3) is 0 Å². The van der Waals surface area contributed by atoms with Gasteiger partial charge in [-0.15, -0.1) is 0 Å². The molecule has 0 aliphatic carbocycles. The summed E-state index contributed by atoms with van der Waals surface area (Å²) in [4.78, 5) is 13.5. The zero-order valence-electron chi connectivity index (χ0n) is 12.9. The van der Waals surface area contributed by atoms with Crippen molar-refractivity contribution in [3.63, 3.8) is 0 Å². The van der Waals surface area contributed by atoms with Gasteiger partial charge >= 0.3 is 0 Å². The van der Waals surface area contributed by atoms with Crippen LogP contribution in [0.5, 0.6) is 0 Å². The molecule has 2 aromatic rings. The Morgan fingerprint density at radius 2 is 1.75 bits per heavy atom. The number of hydrogen-bond donors (Lipinski definition) is 1. The van der Waals surface area contributed by atoms with Gasteiger partial charge in [0.05, 0.1) is 5.69 Å². The highest BCUT2D eigenvalue weighted by Gasteiger charge is 2.20. The molecule has 4 heteroatoms. The molecule has 0 amide bonds. The van der Waals surface area contributed by atoms with E-state index in [9.17, 15) is 0 Å². The van der Waals surface area contributed by atoms with Crippen molar-refractivity contribution in [2.45, 2.75) is 39.5 Å². The Kier molecular flexibility index (Phi) is 4.02. The third-order valence-electron chi connectivity index (χ3n) is 3.28. The average molecular weight is 270 g/mol. The minimum atomic E-state index is -0.0632. The molecule has 2 heterocycles. The molecule has 1 N–H and O–H groups in total. The maximum absolute atomic E-state index is 4.78. The van der Waals surface area contributed by atoms with Crippen molar-refractivity contribution in [2.24, 2.45) is 0 Å². The van der Waals surface area contributed by atoms with Crippen molar-refractivity contribution in [1.29, 1.82) is 0 Å². The summed E-state index contributed by atoms with van der Waals surface area (Å²) in [5.41, 5.74) is 3.33. The first-order chi connectivity index (χ1) is 9.41. The molecule has 0 radical (unpaired) electrons. The van der Waals surface area contributed by atoms with Crippen LogP contribution in [0.2, 0.25) is 0 Å². The lowest BCUT2D eigenvalue weighted by Gasteiger charge is -2.20. The van der Waals surface area contributed by atoms with E-state index in [2.05, 4.69) is 43.0 Å². The van der Waals surface area contributed by atoms with E-state index in [4.69, 9.17) is 4.98 Å². The van der Waals surface area contributed by atoms with Gasteiger partial charge in [0.15, 0.2) is 0 Å². The first-order valence-corrected chi connectivity index (χ1v) is 6.86. The largest absolute Gasteiger partial charge is 0.373 e. The first kappa shape index (κ1) is 14.4. The Morgan fingerprint density at radius 3 is 2.30 bits per heavy atom. The molecule has 0 atom stereocenters. The predicted molar refractivity (Wildman–Crippen MR) is 82.1 cm³/mol. The third kappa shape index (κ3) is 3.13. The second kappa shape index (κ2) is 5.57. The van der Waals surface area contributed by atoms with Gasteiger partial charge in [0, 0.05) is 36.8 Å². The smallest absolute Gasteiger partial charge is 0.136 e. The Hall–Kier alpha value is -1.97. The molecule has 4 nitrogen and oxygen atoms in total. The van der Waals surface area contributed by atoms with E-state index in [1.165, 1.54) is 5.56 Å². The van der Waals surface area contributed by atoms with E-state index in [0.29, 0.717) is 0 Å². The van der Waals surface area contributed by atoms with Crippen LogP contribution in [0.25, 0.3) is 0 Å². The normalized spacial score (nSPS) is 11.4. The summed E-state index contributed by atoms with van der Waals surface area (Å²) in [6.07, 6.45) is 4.43. The van der Waals surface area contributed by atoms with Crippen molar-refractivity contribution in [3.05, 3.63) is 47.2 Å². The van der Waals surface area contributed by atoms with Crippen LogP contribution in [0.1, 0.15) is 43.4 Å². The summed E-state index contributed by atoms with van der Waals surface area (Å²) in [7, 11) is 1.90. The summed E-state index contributed by atoms with van der Waals surface area (Å²) in [5.74, 6) is 1.78. The van der Waals surface area contributed by atoms with Gasteiger partial charge in [-0.3, -0.25) is 4.98 Å². The van der Waals surface area contributed by atoms with Crippen LogP contribution < -0.4 is 5.32 Å². The monoisotopic (exact) mass is 270 g/mol. The summed E-state index contributed by atoms with van der Waals surface area (Å²) in [5, 5.41) is 3.17. The summed E-state index contributed by atoms with van der Waals surface area (Å²) >= 11 is 0. The minimum absolute atomic E-state index is 0.0632. The van der Waals surface area contributed by atoms with Crippen molar-refractivity contribution in [1.82, 2.24) is 15.0 Å². The Labute approximate surface area is 120 Å². The number of pyridine rings is 1. The molecule has 0 unspecified atom stereocenters. The van der Waals surface area contributed by atoms with Gasteiger partial charge < -0.3 is 5.32 Å². The SMILES string of the molecule is CNc1nc(C(C)(C)C)nc(Cc2ccncc2)c1C. The maximum Gasteiger partial charge on any atom is 0.136 e. The number of anilines is 1. The van der Waals surface area contributed by atoms with Crippen LogP contribution in [0, 0.1) is 6.92 Å². The molecule has 106 valence electrons. The van der Waals surface area contributed by atoms with E-state index < -0.39 is 0 Å². The van der Waals surface area contributed by atoms with Gasteiger partial charge in [-0.25, -0.2) is 9.97 Å². The maximum atomic E-state index is 4.78. The molecule has 0 bridgehead atoms. The Bertz CT molecular complexity index is 585. The fourth-order valence-electron chi connectivity index (χ4n) is 2.01. The minimum Gasteiger partial charge on any atom is -0.373 e. The van der Waals surface area contributed by atoms with Gasteiger partial charge in [0.1, 0.15) is 11.6 Å². The van der Waals surface area contributed by atoms with Crippen molar-refractivity contribution in [2.75, 3.05) is 12.4 Å². The van der Waals surface area contributed by atoms with Crippen LogP contribution in [0.15, 0.2) is 24.5 Å². The molecule has 0 saturated carbocycles. The van der Waals surface area contributed by atoms with Crippen molar-refractivity contribution < 1.29 is 0 Å². The molecule has 0 aliphatic heterocycles. The Morgan fingerprint density at radius 1 is 1.10 bits per heavy atom. The van der Waals surface area contributed by atoms with Crippen molar-refractivity contribution >= 4 is 5.82 Å². The lowest BCUT2D eigenvalue weighted by atomic mass is 9.95. The molecule has 2 aromatic heterocycles. The molecular formula is C16H22N4. The van der Waals surface area contributed by atoms with E-state index in [0.717, 1.165) is 29.3 Å². The van der Waals surface area contributed by atoms with Crippen LogP contribution in [-0.2, 0) is 11.8 Å². The molecule has 2 rings (SSSR count). The highest BCUT2D eigenvalue weighted by molar-refractivity contribution is 5.47. The lowest BCUT2D eigenvalue weighted by Crippen LogP contribution is -2.19. The molecule has 0 aliphatic rings. The average Bonchev–Trinajstić information content (AvgIpc) is 2.41. The highest BCUT2D eigenvalue weighted by Crippen LogP contribution is 2.24. The van der Waals surface area contributed by atoms with E-state index in [1.807, 2.05) is 31.6 Å². The molecule has 0 spiro atoms. The van der Waals surface area contributed by atoms with Crippen LogP contribution in [0.4, 0.5) is 5.82 Å². The molecule has 0 saturated heterocycles. The fraction of sp³-hybridized carbons (Fsp3) is 0.438. The van der Waals surface area contributed by atoms with Crippen molar-refractivity contribution in [3.8, 4) is 0 Å². The van der Waals surface area contributed by atoms with Crippen LogP contribution in [0.3, 0.4) is 0 Å². The van der Waals surface area contributed by atoms with E-state index >= 15 is 0 Å². The summed E-state index contributed by atoms with van der Waals surface area (Å²) in [6.45, 7) is 8.46. The quantitative estimate of drug-likeness (QED) is 0.931. The third-order valence-corrected chi connectivity index (χ3v) is 3.28. The predicted octanol–water partition coefficient (Wildman–Crippen LogP) is 3.11. The molecular weight excluding hydrogens is 248 g/mol. The van der Waals surface area contributed by atoms with Gasteiger partial charge in [-0.2, -0.15) is 0 Å². The lowest BCUT2D eigenvalue weighted by molar-refractivity contribution is 0.542. The zero-order valence-corrected chi connectivity index (χ0v) is 12.9. The first-order valence-electron chi connectivity index (χ1n) is 6.86. The number of nitrogens with zero attached hydrogens (tertiary/aromatic N) is 3. The van der Waals surface area contributed by atoms with Crippen LogP contribution in [-0.4, -0.2) is 22.0 Å². The van der Waals surface area contributed by atoms with E-state index in [-0.39, 0.29) is 5.41 Å². The topological polar surface area (TPSA) is 50.7 Å². The van der Waals surface area contributed by atoms with Gasteiger partial charge in [-0.05, 0) is 24.6 Å². The fourth-order valence-corrected chi connectivity index (χ4v) is 2.01. The number of hydrogen-bond acceptors (Lipinski definition) is 4. The van der Waals surface area contributed by atoms with Gasteiger partial charge in [0.2, 0.25) is 0 Å². The highest BCUT2D eigenvalue weighted by atomic mass is 15.0. The summed E-state index contributed by atoms with van der Waals surface area (Å²) < 4.78 is 0. The molecule has 20 heavy (non-hydrogen) atoms. The van der Waals surface area contributed by atoms with Crippen LogP contribution >= 0.6 is 0 Å². The molecule has 0 fully saturated rings. The second-order valence-electron chi connectivity index (χ2n) is 6.00. The number of rotatable bonds is 3.